The molecule has 7 heteroatoms. The van der Waals surface area contributed by atoms with E-state index in [4.69, 9.17) is 31.3 Å². The Morgan fingerprint density at radius 3 is 2.00 bits per heavy atom. The molecular weight excluding hydrogens is 182 g/mol. The summed E-state index contributed by atoms with van der Waals surface area (Å²) in [5, 5.41) is 43.5. The van der Waals surface area contributed by atoms with Crippen molar-refractivity contribution in [3.63, 3.8) is 0 Å². The van der Waals surface area contributed by atoms with Gasteiger partial charge in [-0.2, -0.15) is 0 Å². The van der Waals surface area contributed by atoms with E-state index in [9.17, 15) is 4.79 Å². The summed E-state index contributed by atoms with van der Waals surface area (Å²) in [4.78, 5) is 10.1. The van der Waals surface area contributed by atoms with Crippen LogP contribution in [0.25, 0.3) is 0 Å². The summed E-state index contributed by atoms with van der Waals surface area (Å²) in [6.45, 7) is -0.620. The molecule has 0 rings (SSSR count). The van der Waals surface area contributed by atoms with E-state index in [-0.39, 0.29) is 0 Å². The monoisotopic (exact) mass is 195 g/mol. The van der Waals surface area contributed by atoms with Gasteiger partial charge in [0, 0.05) is 0 Å². The quantitative estimate of drug-likeness (QED) is 0.266. The van der Waals surface area contributed by atoms with Crippen LogP contribution in [0.5, 0.6) is 0 Å². The van der Waals surface area contributed by atoms with Gasteiger partial charge in [0.15, 0.2) is 6.10 Å². The second kappa shape index (κ2) is 5.10. The smallest absolute Gasteiger partial charge is 0.335 e. The molecular formula is C6H13NO6. The molecule has 0 heterocycles. The maximum Gasteiger partial charge on any atom is 0.335 e. The van der Waals surface area contributed by atoms with Gasteiger partial charge in [-0.15, -0.1) is 0 Å². The normalized spacial score (nSPS) is 20.4. The summed E-state index contributed by atoms with van der Waals surface area (Å²) < 4.78 is 0. The fourth-order valence-corrected chi connectivity index (χ4v) is 0.694. The molecule has 0 saturated heterocycles. The second-order valence-corrected chi connectivity index (χ2v) is 2.61. The Morgan fingerprint density at radius 1 is 1.23 bits per heavy atom. The van der Waals surface area contributed by atoms with Gasteiger partial charge in [-0.05, 0) is 0 Å². The van der Waals surface area contributed by atoms with Crippen LogP contribution in [0.15, 0.2) is 0 Å². The second-order valence-electron chi connectivity index (χ2n) is 2.61. The van der Waals surface area contributed by atoms with E-state index in [0.29, 0.717) is 0 Å². The Balaban J connectivity index is 4.24. The molecule has 0 unspecified atom stereocenters. The standard InChI is InChI=1S/C6H13NO6/c7-2(1-8)3(9)4(10)5(11)6(12)13/h2-5,8-11H,1,7H2,(H,12,13)/t2-,3-,4+,5+/m1/s1. The van der Waals surface area contributed by atoms with Crippen molar-refractivity contribution in [2.24, 2.45) is 5.73 Å². The van der Waals surface area contributed by atoms with Crippen molar-refractivity contribution in [2.45, 2.75) is 24.4 Å². The van der Waals surface area contributed by atoms with E-state index in [1.165, 1.54) is 0 Å². The Labute approximate surface area is 74.0 Å². The van der Waals surface area contributed by atoms with Crippen LogP contribution in [-0.4, -0.2) is 62.5 Å². The molecule has 0 aromatic heterocycles. The number of hydrogen-bond acceptors (Lipinski definition) is 6. The first-order valence-corrected chi connectivity index (χ1v) is 3.55. The fourth-order valence-electron chi connectivity index (χ4n) is 0.694. The highest BCUT2D eigenvalue weighted by Gasteiger charge is 2.33. The van der Waals surface area contributed by atoms with Crippen molar-refractivity contribution < 1.29 is 30.3 Å². The summed E-state index contributed by atoms with van der Waals surface area (Å²) in [5.74, 6) is -1.67. The number of aliphatic hydroxyl groups excluding tert-OH is 4. The van der Waals surface area contributed by atoms with Gasteiger partial charge in [-0.25, -0.2) is 4.79 Å². The Morgan fingerprint density at radius 2 is 1.69 bits per heavy atom. The van der Waals surface area contributed by atoms with Crippen LogP contribution in [0, 0.1) is 0 Å². The number of hydrogen-bond donors (Lipinski definition) is 6. The van der Waals surface area contributed by atoms with E-state index in [1.807, 2.05) is 0 Å². The minimum atomic E-state index is -2.12. The predicted molar refractivity (Wildman–Crippen MR) is 40.7 cm³/mol. The van der Waals surface area contributed by atoms with Crippen LogP contribution < -0.4 is 5.73 Å². The SMILES string of the molecule is N[C@H](CO)[C@@H](O)[C@H](O)[C@H](O)C(=O)O. The number of nitrogens with two attached hydrogens (primary N) is 1. The first-order chi connectivity index (χ1) is 5.91. The summed E-state index contributed by atoms with van der Waals surface area (Å²) in [6, 6.07) is -1.19. The molecule has 0 aromatic carbocycles. The number of carboxylic acid groups (broad SMARTS) is 1. The van der Waals surface area contributed by atoms with Crippen molar-refractivity contribution >= 4 is 5.97 Å². The number of carbonyl (C=O) groups is 1. The summed E-state index contributed by atoms with van der Waals surface area (Å²) >= 11 is 0. The summed E-state index contributed by atoms with van der Waals surface area (Å²) in [5.41, 5.74) is 5.09. The van der Waals surface area contributed by atoms with Crippen molar-refractivity contribution in [3.8, 4) is 0 Å². The average Bonchev–Trinajstić information content (AvgIpc) is 2.12. The highest BCUT2D eigenvalue weighted by Crippen LogP contribution is 2.03. The molecule has 0 radical (unpaired) electrons. The molecule has 4 atom stereocenters. The number of rotatable bonds is 5. The van der Waals surface area contributed by atoms with Crippen LogP contribution in [0.4, 0.5) is 0 Å². The first kappa shape index (κ1) is 12.3. The van der Waals surface area contributed by atoms with Crippen molar-refractivity contribution in [1.29, 1.82) is 0 Å². The van der Waals surface area contributed by atoms with Gasteiger partial charge in [-0.3, -0.25) is 0 Å². The van der Waals surface area contributed by atoms with Crippen molar-refractivity contribution in [3.05, 3.63) is 0 Å². The van der Waals surface area contributed by atoms with Gasteiger partial charge in [0.1, 0.15) is 12.2 Å². The number of aliphatic hydroxyl groups is 4. The lowest BCUT2D eigenvalue weighted by molar-refractivity contribution is -0.159. The highest BCUT2D eigenvalue weighted by atomic mass is 16.4. The third kappa shape index (κ3) is 3.25. The van der Waals surface area contributed by atoms with Crippen molar-refractivity contribution in [1.82, 2.24) is 0 Å². The van der Waals surface area contributed by atoms with Gasteiger partial charge < -0.3 is 31.3 Å². The largest absolute Gasteiger partial charge is 0.479 e. The Kier molecular flexibility index (Phi) is 4.81. The maximum absolute atomic E-state index is 10.1. The molecule has 0 bridgehead atoms. The van der Waals surface area contributed by atoms with Gasteiger partial charge in [0.05, 0.1) is 12.6 Å². The molecule has 0 saturated carbocycles. The fraction of sp³-hybridized carbons (Fsp3) is 0.833. The highest BCUT2D eigenvalue weighted by molar-refractivity contribution is 5.72. The van der Waals surface area contributed by atoms with Gasteiger partial charge in [-0.1, -0.05) is 0 Å². The zero-order chi connectivity index (χ0) is 10.6. The minimum absolute atomic E-state index is 0.620. The minimum Gasteiger partial charge on any atom is -0.479 e. The first-order valence-electron chi connectivity index (χ1n) is 3.55. The van der Waals surface area contributed by atoms with Crippen molar-refractivity contribution in [2.75, 3.05) is 6.61 Å². The number of carboxylic acids is 1. The van der Waals surface area contributed by atoms with Crippen LogP contribution in [0.3, 0.4) is 0 Å². The maximum atomic E-state index is 10.1. The molecule has 7 nitrogen and oxygen atoms in total. The average molecular weight is 195 g/mol. The van der Waals surface area contributed by atoms with Crippen LogP contribution in [0.1, 0.15) is 0 Å². The van der Waals surface area contributed by atoms with E-state index < -0.39 is 36.9 Å². The molecule has 7 N–H and O–H groups in total. The van der Waals surface area contributed by atoms with Crippen LogP contribution in [-0.2, 0) is 4.79 Å². The Bertz CT molecular complexity index is 175. The van der Waals surface area contributed by atoms with Gasteiger partial charge in [0.25, 0.3) is 0 Å². The molecule has 0 spiro atoms. The zero-order valence-corrected chi connectivity index (χ0v) is 6.74. The lowest BCUT2D eigenvalue weighted by atomic mass is 10.0. The Hall–Kier alpha value is -0.730. The lowest BCUT2D eigenvalue weighted by Gasteiger charge is -2.23. The molecule has 0 amide bonds. The molecule has 0 fully saturated rings. The van der Waals surface area contributed by atoms with E-state index >= 15 is 0 Å². The third-order valence-corrected chi connectivity index (χ3v) is 1.58. The molecule has 0 aliphatic heterocycles. The van der Waals surface area contributed by atoms with E-state index in [2.05, 4.69) is 0 Å². The third-order valence-electron chi connectivity index (χ3n) is 1.58. The summed E-state index contributed by atoms with van der Waals surface area (Å²) in [7, 11) is 0. The van der Waals surface area contributed by atoms with E-state index in [0.717, 1.165) is 0 Å². The lowest BCUT2D eigenvalue weighted by Crippen LogP contribution is -2.51. The van der Waals surface area contributed by atoms with Crippen LogP contribution >= 0.6 is 0 Å². The molecule has 78 valence electrons. The molecule has 13 heavy (non-hydrogen) atoms. The molecule has 0 aliphatic carbocycles. The summed E-state index contributed by atoms with van der Waals surface area (Å²) in [6.07, 6.45) is -5.72. The van der Waals surface area contributed by atoms with Gasteiger partial charge >= 0.3 is 5.97 Å². The number of aliphatic carboxylic acids is 1. The van der Waals surface area contributed by atoms with Gasteiger partial charge in [0.2, 0.25) is 0 Å². The van der Waals surface area contributed by atoms with E-state index in [1.54, 1.807) is 0 Å². The topological polar surface area (TPSA) is 144 Å². The zero-order valence-electron chi connectivity index (χ0n) is 6.74. The predicted octanol–water partition coefficient (Wildman–Crippen LogP) is -3.53. The molecule has 0 aliphatic rings. The molecule has 0 aromatic rings. The van der Waals surface area contributed by atoms with Crippen LogP contribution in [0.2, 0.25) is 0 Å².